The molecule has 4 rings (SSSR count). The highest BCUT2D eigenvalue weighted by Crippen LogP contribution is 2.33. The lowest BCUT2D eigenvalue weighted by Gasteiger charge is -2.27. The molecule has 31 heavy (non-hydrogen) atoms. The van der Waals surface area contributed by atoms with E-state index in [-0.39, 0.29) is 13.2 Å². The topological polar surface area (TPSA) is 107 Å². The van der Waals surface area contributed by atoms with E-state index in [9.17, 15) is 18.6 Å². The van der Waals surface area contributed by atoms with Gasteiger partial charge in [-0.05, 0) is 50.9 Å². The van der Waals surface area contributed by atoms with Crippen LogP contribution in [0.25, 0.3) is 32.3 Å². The predicted octanol–water partition coefficient (Wildman–Crippen LogP) is 3.48. The van der Waals surface area contributed by atoms with Crippen LogP contribution in [0.1, 0.15) is 12.5 Å². The molecule has 0 spiro atoms. The molecule has 0 bridgehead atoms. The summed E-state index contributed by atoms with van der Waals surface area (Å²) in [6.45, 7) is 2.17. The Bertz CT molecular complexity index is 1310. The van der Waals surface area contributed by atoms with E-state index >= 15 is 0 Å². The van der Waals surface area contributed by atoms with Crippen molar-refractivity contribution < 1.29 is 23.2 Å². The molecule has 0 aliphatic carbocycles. The van der Waals surface area contributed by atoms with Gasteiger partial charge in [0.05, 0.1) is 25.0 Å². The summed E-state index contributed by atoms with van der Waals surface area (Å²) >= 11 is 0. The zero-order valence-electron chi connectivity index (χ0n) is 17.5. The van der Waals surface area contributed by atoms with E-state index in [0.717, 1.165) is 0 Å². The first-order valence-corrected chi connectivity index (χ1v) is 11.7. The van der Waals surface area contributed by atoms with E-state index in [0.29, 0.717) is 12.8 Å². The van der Waals surface area contributed by atoms with E-state index in [2.05, 4.69) is 72.0 Å². The Hall–Kier alpha value is -2.55. The van der Waals surface area contributed by atoms with Gasteiger partial charge in [0.25, 0.3) is 10.1 Å². The van der Waals surface area contributed by atoms with Crippen LogP contribution in [0, 0.1) is 0 Å². The van der Waals surface area contributed by atoms with Crippen molar-refractivity contribution in [2.75, 3.05) is 19.5 Å². The molecule has 0 saturated heterocycles. The zero-order chi connectivity index (χ0) is 22.6. The second kappa shape index (κ2) is 9.30. The van der Waals surface area contributed by atoms with Gasteiger partial charge >= 0.3 is 0 Å². The Kier molecular flexibility index (Phi) is 6.93. The van der Waals surface area contributed by atoms with Gasteiger partial charge in [-0.25, -0.2) is 0 Å². The van der Waals surface area contributed by atoms with Crippen LogP contribution in [-0.2, 0) is 16.7 Å². The van der Waals surface area contributed by atoms with Crippen LogP contribution >= 0.6 is 0 Å². The predicted molar refractivity (Wildman–Crippen MR) is 126 cm³/mol. The Balaban J connectivity index is 0.000000491. The van der Waals surface area contributed by atoms with Crippen LogP contribution in [0.5, 0.6) is 0 Å². The minimum absolute atomic E-state index is 0.116. The van der Waals surface area contributed by atoms with Crippen molar-refractivity contribution in [3.63, 3.8) is 0 Å². The Labute approximate surface area is 181 Å². The molecule has 0 atom stereocenters. The first kappa shape index (κ1) is 23.1. The molecule has 7 heteroatoms. The molecule has 4 aromatic carbocycles. The third kappa shape index (κ3) is 5.58. The third-order valence-electron chi connectivity index (χ3n) is 5.27. The third-order valence-corrected chi connectivity index (χ3v) is 5.27. The summed E-state index contributed by atoms with van der Waals surface area (Å²) in [4.78, 5) is 0. The molecular formula is C24H27NO5S. The normalized spacial score (nSPS) is 12.2. The SMILES string of the molecule is CC(CO)(CO)NCc1c2ccccc2cc2c1ccc1ccccc12.CS(=O)(=O)O. The Morgan fingerprint density at radius 3 is 1.97 bits per heavy atom. The van der Waals surface area contributed by atoms with Crippen LogP contribution in [-0.4, -0.2) is 48.2 Å². The Morgan fingerprint density at radius 2 is 1.35 bits per heavy atom. The first-order valence-electron chi connectivity index (χ1n) is 9.86. The van der Waals surface area contributed by atoms with Crippen molar-refractivity contribution in [3.05, 3.63) is 72.3 Å². The molecule has 0 aliphatic heterocycles. The number of aliphatic hydroxyl groups excluding tert-OH is 2. The number of hydrogen-bond acceptors (Lipinski definition) is 5. The van der Waals surface area contributed by atoms with Gasteiger partial charge in [-0.15, -0.1) is 0 Å². The fourth-order valence-electron chi connectivity index (χ4n) is 3.57. The second-order valence-electron chi connectivity index (χ2n) is 7.92. The van der Waals surface area contributed by atoms with Crippen molar-refractivity contribution in [2.45, 2.75) is 19.0 Å². The maximum absolute atomic E-state index is 9.61. The summed E-state index contributed by atoms with van der Waals surface area (Å²) < 4.78 is 25.9. The van der Waals surface area contributed by atoms with Crippen molar-refractivity contribution >= 4 is 42.4 Å². The van der Waals surface area contributed by atoms with E-state index in [1.54, 1.807) is 0 Å². The average Bonchev–Trinajstić information content (AvgIpc) is 2.75. The number of aliphatic hydroxyl groups is 2. The van der Waals surface area contributed by atoms with Crippen molar-refractivity contribution in [1.29, 1.82) is 0 Å². The van der Waals surface area contributed by atoms with Crippen LogP contribution in [0.15, 0.2) is 66.7 Å². The maximum atomic E-state index is 9.61. The highest BCUT2D eigenvalue weighted by molar-refractivity contribution is 7.85. The number of benzene rings is 4. The van der Waals surface area contributed by atoms with Crippen LogP contribution in [0.3, 0.4) is 0 Å². The molecule has 0 radical (unpaired) electrons. The monoisotopic (exact) mass is 441 g/mol. The van der Waals surface area contributed by atoms with E-state index in [1.165, 1.54) is 37.9 Å². The first-order chi connectivity index (χ1) is 14.6. The lowest BCUT2D eigenvalue weighted by molar-refractivity contribution is 0.103. The fourth-order valence-corrected chi connectivity index (χ4v) is 3.57. The van der Waals surface area contributed by atoms with Crippen molar-refractivity contribution in [3.8, 4) is 0 Å². The highest BCUT2D eigenvalue weighted by Gasteiger charge is 2.22. The molecule has 0 fully saturated rings. The van der Waals surface area contributed by atoms with Gasteiger partial charge in [0.15, 0.2) is 0 Å². The second-order valence-corrected chi connectivity index (χ2v) is 9.39. The molecule has 4 aromatic rings. The average molecular weight is 442 g/mol. The molecule has 0 amide bonds. The molecule has 164 valence electrons. The minimum Gasteiger partial charge on any atom is -0.394 e. The number of rotatable bonds is 5. The summed E-state index contributed by atoms with van der Waals surface area (Å²) in [6.07, 6.45) is 0.715. The van der Waals surface area contributed by atoms with Crippen LogP contribution in [0.2, 0.25) is 0 Å². The van der Waals surface area contributed by atoms with Gasteiger partial charge in [0.2, 0.25) is 0 Å². The maximum Gasteiger partial charge on any atom is 0.261 e. The van der Waals surface area contributed by atoms with E-state index < -0.39 is 15.7 Å². The smallest absolute Gasteiger partial charge is 0.261 e. The van der Waals surface area contributed by atoms with E-state index in [1.807, 2.05) is 6.92 Å². The van der Waals surface area contributed by atoms with E-state index in [4.69, 9.17) is 4.55 Å². The van der Waals surface area contributed by atoms with Crippen LogP contribution < -0.4 is 5.32 Å². The molecule has 0 heterocycles. The molecule has 4 N–H and O–H groups in total. The zero-order valence-corrected chi connectivity index (χ0v) is 18.4. The lowest BCUT2D eigenvalue weighted by Crippen LogP contribution is -2.48. The number of hydrogen-bond donors (Lipinski definition) is 4. The quantitative estimate of drug-likeness (QED) is 0.215. The van der Waals surface area contributed by atoms with Gasteiger partial charge < -0.3 is 15.5 Å². The largest absolute Gasteiger partial charge is 0.394 e. The number of nitrogens with one attached hydrogen (secondary N) is 1. The fraction of sp³-hybridized carbons (Fsp3) is 0.250. The number of fused-ring (bicyclic) bond motifs is 4. The molecule has 0 unspecified atom stereocenters. The standard InChI is InChI=1S/C23H23NO2.CH4O3S/c1-23(14-25,15-26)24-13-22-19-9-5-3-7-17(19)12-21-18-8-4-2-6-16(18)10-11-20(21)22;1-5(2,3)4/h2-12,24-26H,13-15H2,1H3;1H3,(H,2,3,4). The van der Waals surface area contributed by atoms with Crippen LogP contribution in [0.4, 0.5) is 0 Å². The van der Waals surface area contributed by atoms with Gasteiger partial charge in [0.1, 0.15) is 0 Å². The van der Waals surface area contributed by atoms with Gasteiger partial charge in [-0.3, -0.25) is 4.55 Å². The summed E-state index contributed by atoms with van der Waals surface area (Å²) in [5.41, 5.74) is 0.483. The summed E-state index contributed by atoms with van der Waals surface area (Å²) in [6, 6.07) is 23.4. The molecule has 0 aliphatic rings. The molecule has 6 nitrogen and oxygen atoms in total. The summed E-state index contributed by atoms with van der Waals surface area (Å²) in [5, 5.41) is 29.9. The summed E-state index contributed by atoms with van der Waals surface area (Å²) in [5.74, 6) is 0. The van der Waals surface area contributed by atoms with Gasteiger partial charge in [0, 0.05) is 6.54 Å². The van der Waals surface area contributed by atoms with Crippen molar-refractivity contribution in [1.82, 2.24) is 5.32 Å². The van der Waals surface area contributed by atoms with Crippen molar-refractivity contribution in [2.24, 2.45) is 0 Å². The molecular weight excluding hydrogens is 414 g/mol. The summed E-state index contributed by atoms with van der Waals surface area (Å²) in [7, 11) is -3.67. The minimum atomic E-state index is -3.67. The lowest BCUT2D eigenvalue weighted by atomic mass is 9.92. The van der Waals surface area contributed by atoms with Gasteiger partial charge in [-0.2, -0.15) is 8.42 Å². The molecule has 0 aromatic heterocycles. The molecule has 0 saturated carbocycles. The van der Waals surface area contributed by atoms with Gasteiger partial charge in [-0.1, -0.05) is 60.7 Å². The Morgan fingerprint density at radius 1 is 0.806 bits per heavy atom. The highest BCUT2D eigenvalue weighted by atomic mass is 32.2.